The molecule has 2 aromatic rings. The summed E-state index contributed by atoms with van der Waals surface area (Å²) in [4.78, 5) is 25.1. The van der Waals surface area contributed by atoms with Gasteiger partial charge in [0.15, 0.2) is 11.5 Å². The van der Waals surface area contributed by atoms with E-state index in [9.17, 15) is 14.0 Å². The van der Waals surface area contributed by atoms with Crippen LogP contribution in [0.2, 0.25) is 0 Å². The highest BCUT2D eigenvalue weighted by Crippen LogP contribution is 2.46. The molecule has 0 unspecified atom stereocenters. The third-order valence-corrected chi connectivity index (χ3v) is 4.92. The first-order chi connectivity index (χ1) is 13.5. The Kier molecular flexibility index (Phi) is 5.82. The Hall–Kier alpha value is -3.09. The number of rotatable bonds is 8. The van der Waals surface area contributed by atoms with Gasteiger partial charge in [-0.15, -0.1) is 0 Å². The van der Waals surface area contributed by atoms with Gasteiger partial charge in [0.25, 0.3) is 0 Å². The van der Waals surface area contributed by atoms with E-state index in [0.29, 0.717) is 29.9 Å². The number of hydrogen-bond donors (Lipinski definition) is 2. The number of hydrogen-bond acceptors (Lipinski definition) is 4. The van der Waals surface area contributed by atoms with Crippen LogP contribution in [-0.4, -0.2) is 26.0 Å². The lowest BCUT2D eigenvalue weighted by molar-refractivity contribution is -0.137. The van der Waals surface area contributed by atoms with Gasteiger partial charge in [-0.25, -0.2) is 4.39 Å². The number of carbonyl (C=O) groups is 2. The van der Waals surface area contributed by atoms with Crippen molar-refractivity contribution in [3.05, 3.63) is 59.4 Å². The van der Waals surface area contributed by atoms with E-state index in [2.05, 4.69) is 10.6 Å². The van der Waals surface area contributed by atoms with E-state index in [1.165, 1.54) is 6.07 Å². The van der Waals surface area contributed by atoms with Crippen LogP contribution in [0.5, 0.6) is 11.5 Å². The van der Waals surface area contributed by atoms with Crippen LogP contribution in [-0.2, 0) is 22.7 Å². The van der Waals surface area contributed by atoms with Gasteiger partial charge in [0.1, 0.15) is 11.2 Å². The van der Waals surface area contributed by atoms with Crippen molar-refractivity contribution in [3.8, 4) is 11.5 Å². The lowest BCUT2D eigenvalue weighted by atomic mass is 10.0. The summed E-state index contributed by atoms with van der Waals surface area (Å²) in [6.45, 7) is 0.317. The van der Waals surface area contributed by atoms with E-state index in [-0.39, 0.29) is 30.7 Å². The maximum absolute atomic E-state index is 13.7. The molecule has 1 fully saturated rings. The summed E-state index contributed by atoms with van der Waals surface area (Å²) in [6, 6.07) is 11.6. The summed E-state index contributed by atoms with van der Waals surface area (Å²) in [5.74, 6) is 0.0845. The average molecular weight is 386 g/mol. The summed E-state index contributed by atoms with van der Waals surface area (Å²) in [5.41, 5.74) is 0.146. The largest absolute Gasteiger partial charge is 0.493 e. The molecule has 0 saturated heterocycles. The lowest BCUT2D eigenvalue weighted by Crippen LogP contribution is -2.42. The van der Waals surface area contributed by atoms with Crippen molar-refractivity contribution in [1.82, 2.24) is 10.6 Å². The number of amides is 2. The molecule has 0 aliphatic heterocycles. The van der Waals surface area contributed by atoms with Crippen LogP contribution in [0.1, 0.15) is 24.0 Å². The maximum Gasteiger partial charge on any atom is 0.235 e. The minimum Gasteiger partial charge on any atom is -0.493 e. The highest BCUT2D eigenvalue weighted by Gasteiger charge is 2.56. The normalized spacial score (nSPS) is 14.1. The van der Waals surface area contributed by atoms with Crippen molar-refractivity contribution in [3.63, 3.8) is 0 Å². The molecule has 0 atom stereocenters. The molecule has 1 saturated carbocycles. The quantitative estimate of drug-likeness (QED) is 0.684. The van der Waals surface area contributed by atoms with E-state index < -0.39 is 5.41 Å². The van der Waals surface area contributed by atoms with Crippen molar-refractivity contribution in [2.75, 3.05) is 14.2 Å². The Morgan fingerprint density at radius 1 is 0.964 bits per heavy atom. The predicted molar refractivity (Wildman–Crippen MR) is 101 cm³/mol. The molecule has 1 aliphatic rings. The first-order valence-corrected chi connectivity index (χ1v) is 9.01. The fraction of sp³-hybridized carbons (Fsp3) is 0.333. The van der Waals surface area contributed by atoms with Crippen molar-refractivity contribution in [2.45, 2.75) is 25.9 Å². The molecule has 2 aromatic carbocycles. The molecule has 2 N–H and O–H groups in total. The van der Waals surface area contributed by atoms with Gasteiger partial charge in [-0.05, 0) is 36.6 Å². The smallest absolute Gasteiger partial charge is 0.235 e. The van der Waals surface area contributed by atoms with Crippen molar-refractivity contribution in [2.24, 2.45) is 5.41 Å². The van der Waals surface area contributed by atoms with E-state index in [0.717, 1.165) is 5.56 Å². The van der Waals surface area contributed by atoms with E-state index in [1.54, 1.807) is 44.6 Å². The van der Waals surface area contributed by atoms with Gasteiger partial charge in [-0.3, -0.25) is 9.59 Å². The van der Waals surface area contributed by atoms with E-state index in [1.807, 2.05) is 6.07 Å². The second kappa shape index (κ2) is 8.29. The Morgan fingerprint density at radius 2 is 1.61 bits per heavy atom. The molecule has 6 nitrogen and oxygen atoms in total. The van der Waals surface area contributed by atoms with Crippen LogP contribution in [0, 0.1) is 11.2 Å². The summed E-state index contributed by atoms with van der Waals surface area (Å²) in [5, 5.41) is 5.49. The number of benzene rings is 2. The fourth-order valence-corrected chi connectivity index (χ4v) is 3.01. The van der Waals surface area contributed by atoms with Crippen LogP contribution in [0.4, 0.5) is 4.39 Å². The van der Waals surface area contributed by atoms with Crippen LogP contribution in [0.15, 0.2) is 42.5 Å². The SMILES string of the molecule is COc1ccc(CNC(=O)C2(C(=O)NCc3ccccc3F)CC2)cc1OC. The van der Waals surface area contributed by atoms with Crippen LogP contribution in [0.25, 0.3) is 0 Å². The Balaban J connectivity index is 1.58. The number of methoxy groups -OCH3 is 2. The van der Waals surface area contributed by atoms with Crippen LogP contribution in [0.3, 0.4) is 0 Å². The molecule has 7 heteroatoms. The van der Waals surface area contributed by atoms with Gasteiger partial charge >= 0.3 is 0 Å². The topological polar surface area (TPSA) is 76.7 Å². The molecule has 148 valence electrons. The molecule has 3 rings (SSSR count). The Bertz CT molecular complexity index is 880. The molecule has 1 aliphatic carbocycles. The lowest BCUT2D eigenvalue weighted by Gasteiger charge is -2.16. The third-order valence-electron chi connectivity index (χ3n) is 4.92. The van der Waals surface area contributed by atoms with E-state index in [4.69, 9.17) is 9.47 Å². The van der Waals surface area contributed by atoms with E-state index >= 15 is 0 Å². The molecule has 28 heavy (non-hydrogen) atoms. The molecule has 0 spiro atoms. The molecular formula is C21H23FN2O4. The summed E-state index contributed by atoms with van der Waals surface area (Å²) < 4.78 is 24.1. The summed E-state index contributed by atoms with van der Waals surface area (Å²) >= 11 is 0. The number of carbonyl (C=O) groups excluding carboxylic acids is 2. The standard InChI is InChI=1S/C21H23FN2O4/c1-27-17-8-7-14(11-18(17)28-2)12-23-19(25)21(9-10-21)20(26)24-13-15-5-3-4-6-16(15)22/h3-8,11H,9-10,12-13H2,1-2H3,(H,23,25)(H,24,26). The number of nitrogens with one attached hydrogen (secondary N) is 2. The molecular weight excluding hydrogens is 363 g/mol. The zero-order valence-electron chi connectivity index (χ0n) is 15.9. The van der Waals surface area contributed by atoms with Gasteiger partial charge in [0.05, 0.1) is 14.2 Å². The zero-order valence-corrected chi connectivity index (χ0v) is 15.9. The first kappa shape index (κ1) is 19.7. The minimum absolute atomic E-state index is 0.0518. The van der Waals surface area contributed by atoms with Crippen molar-refractivity contribution >= 4 is 11.8 Å². The van der Waals surface area contributed by atoms with Crippen molar-refractivity contribution in [1.29, 1.82) is 0 Å². The fourth-order valence-electron chi connectivity index (χ4n) is 3.01. The minimum atomic E-state index is -1.07. The molecule has 0 heterocycles. The number of halogens is 1. The third kappa shape index (κ3) is 4.08. The van der Waals surface area contributed by atoms with Gasteiger partial charge in [-0.2, -0.15) is 0 Å². The highest BCUT2D eigenvalue weighted by atomic mass is 19.1. The summed E-state index contributed by atoms with van der Waals surface area (Å²) in [7, 11) is 3.09. The van der Waals surface area contributed by atoms with Gasteiger partial charge in [-0.1, -0.05) is 24.3 Å². The zero-order chi connectivity index (χ0) is 20.1. The van der Waals surface area contributed by atoms with Crippen LogP contribution < -0.4 is 20.1 Å². The van der Waals surface area contributed by atoms with Gasteiger partial charge in [0, 0.05) is 18.7 Å². The number of ether oxygens (including phenoxy) is 2. The molecule has 0 aromatic heterocycles. The second-order valence-corrected chi connectivity index (χ2v) is 6.73. The van der Waals surface area contributed by atoms with Gasteiger partial charge in [0.2, 0.25) is 11.8 Å². The van der Waals surface area contributed by atoms with Crippen LogP contribution >= 0.6 is 0 Å². The molecule has 2 amide bonds. The molecule has 0 bridgehead atoms. The summed E-state index contributed by atoms with van der Waals surface area (Å²) in [6.07, 6.45) is 0.960. The van der Waals surface area contributed by atoms with Crippen molar-refractivity contribution < 1.29 is 23.5 Å². The predicted octanol–water partition coefficient (Wildman–Crippen LogP) is 2.56. The monoisotopic (exact) mass is 386 g/mol. The first-order valence-electron chi connectivity index (χ1n) is 9.01. The van der Waals surface area contributed by atoms with Gasteiger partial charge < -0.3 is 20.1 Å². The Morgan fingerprint density at radius 3 is 2.21 bits per heavy atom. The second-order valence-electron chi connectivity index (χ2n) is 6.73. The maximum atomic E-state index is 13.7. The Labute approximate surface area is 163 Å². The molecule has 0 radical (unpaired) electrons. The average Bonchev–Trinajstić information content (AvgIpc) is 3.53. The highest BCUT2D eigenvalue weighted by molar-refractivity contribution is 6.07.